The molecule has 0 heterocycles. The van der Waals surface area contributed by atoms with Crippen molar-refractivity contribution in [1.82, 2.24) is 5.32 Å². The largest absolute Gasteiger partial charge is 0.481 e. The SMILES string of the molecule is C=C/C=C(\C=C\CC(=O)N/C(C=C)=C/C=C/CCC(=O)O)N=C(N)N. The number of hydrogen-bond donors (Lipinski definition) is 4. The number of amides is 1. The third kappa shape index (κ3) is 12.8. The summed E-state index contributed by atoms with van der Waals surface area (Å²) in [5.74, 6) is -1.19. The molecule has 0 rings (SSSR count). The Morgan fingerprint density at radius 1 is 1.16 bits per heavy atom. The lowest BCUT2D eigenvalue weighted by Gasteiger charge is -2.03. The molecule has 0 saturated heterocycles. The Kier molecular flexibility index (Phi) is 11.4. The topological polar surface area (TPSA) is 131 Å². The van der Waals surface area contributed by atoms with E-state index in [0.29, 0.717) is 17.8 Å². The number of rotatable bonds is 11. The van der Waals surface area contributed by atoms with Crippen LogP contribution in [0.3, 0.4) is 0 Å². The van der Waals surface area contributed by atoms with E-state index in [0.717, 1.165) is 0 Å². The Hall–Kier alpha value is -3.35. The molecule has 0 aromatic rings. The summed E-state index contributed by atoms with van der Waals surface area (Å²) in [7, 11) is 0. The van der Waals surface area contributed by atoms with Crippen molar-refractivity contribution < 1.29 is 14.7 Å². The van der Waals surface area contributed by atoms with Crippen LogP contribution in [0.4, 0.5) is 0 Å². The molecule has 0 spiro atoms. The molecular weight excluding hydrogens is 320 g/mol. The number of nitrogens with one attached hydrogen (secondary N) is 1. The number of carboxylic acid groups (broad SMARTS) is 1. The van der Waals surface area contributed by atoms with E-state index in [9.17, 15) is 9.59 Å². The monoisotopic (exact) mass is 344 g/mol. The predicted octanol–water partition coefficient (Wildman–Crippen LogP) is 1.88. The predicted molar refractivity (Wildman–Crippen MR) is 100 cm³/mol. The van der Waals surface area contributed by atoms with Crippen LogP contribution in [0, 0.1) is 0 Å². The summed E-state index contributed by atoms with van der Waals surface area (Å²) >= 11 is 0. The standard InChI is InChI=1S/C18H24N4O3/c1-3-9-15(22-18(19)20)11-8-12-16(23)21-14(4-2)10-6-5-7-13-17(24)25/h3-6,8-11H,1-2,7,12-13H2,(H,21,23)(H,24,25)(H4,19,20,22)/b6-5+,11-8+,14-10+,15-9+. The van der Waals surface area contributed by atoms with Gasteiger partial charge in [0.25, 0.3) is 0 Å². The Balaban J connectivity index is 4.59. The number of allylic oxidation sites excluding steroid dienone is 7. The first-order chi connectivity index (χ1) is 11.9. The maximum Gasteiger partial charge on any atom is 0.303 e. The van der Waals surface area contributed by atoms with Gasteiger partial charge < -0.3 is 21.9 Å². The third-order valence-electron chi connectivity index (χ3n) is 2.58. The van der Waals surface area contributed by atoms with Gasteiger partial charge in [-0.2, -0.15) is 0 Å². The molecule has 0 aliphatic carbocycles. The second-order valence-electron chi connectivity index (χ2n) is 4.71. The summed E-state index contributed by atoms with van der Waals surface area (Å²) in [5, 5.41) is 11.2. The highest BCUT2D eigenvalue weighted by Crippen LogP contribution is 2.01. The molecule has 0 aromatic heterocycles. The maximum atomic E-state index is 11.9. The van der Waals surface area contributed by atoms with E-state index in [1.54, 1.807) is 36.5 Å². The Morgan fingerprint density at radius 2 is 1.88 bits per heavy atom. The fourth-order valence-corrected chi connectivity index (χ4v) is 1.53. The summed E-state index contributed by atoms with van der Waals surface area (Å²) in [6.45, 7) is 7.17. The van der Waals surface area contributed by atoms with Crippen LogP contribution in [0.5, 0.6) is 0 Å². The van der Waals surface area contributed by atoms with Gasteiger partial charge in [0.15, 0.2) is 5.96 Å². The quantitative estimate of drug-likeness (QED) is 0.258. The number of aliphatic carboxylic acids is 1. The lowest BCUT2D eigenvalue weighted by molar-refractivity contribution is -0.136. The van der Waals surface area contributed by atoms with Crippen LogP contribution >= 0.6 is 0 Å². The molecule has 7 nitrogen and oxygen atoms in total. The molecule has 1 amide bonds. The number of guanidine groups is 1. The lowest BCUT2D eigenvalue weighted by Crippen LogP contribution is -2.22. The van der Waals surface area contributed by atoms with Gasteiger partial charge in [-0.25, -0.2) is 4.99 Å². The summed E-state index contributed by atoms with van der Waals surface area (Å²) in [6.07, 6.45) is 13.4. The average molecular weight is 344 g/mol. The van der Waals surface area contributed by atoms with Crippen molar-refractivity contribution in [2.75, 3.05) is 0 Å². The first kappa shape index (κ1) is 21.6. The van der Waals surface area contributed by atoms with E-state index in [1.807, 2.05) is 0 Å². The summed E-state index contributed by atoms with van der Waals surface area (Å²) in [6, 6.07) is 0. The number of carbonyl (C=O) groups excluding carboxylic acids is 1. The Bertz CT molecular complexity index is 637. The molecule has 0 aliphatic heterocycles. The van der Waals surface area contributed by atoms with Gasteiger partial charge in [0.05, 0.1) is 5.70 Å². The van der Waals surface area contributed by atoms with Crippen LogP contribution < -0.4 is 16.8 Å². The number of hydrogen-bond acceptors (Lipinski definition) is 3. The zero-order valence-corrected chi connectivity index (χ0v) is 14.0. The van der Waals surface area contributed by atoms with Crippen molar-refractivity contribution >= 4 is 17.8 Å². The second kappa shape index (κ2) is 13.1. The van der Waals surface area contributed by atoms with Crippen LogP contribution in [0.25, 0.3) is 0 Å². The lowest BCUT2D eigenvalue weighted by atomic mass is 10.2. The van der Waals surface area contributed by atoms with Gasteiger partial charge in [-0.3, -0.25) is 9.59 Å². The van der Waals surface area contributed by atoms with Crippen molar-refractivity contribution in [3.05, 3.63) is 73.2 Å². The Labute approximate surface area is 147 Å². The fraction of sp³-hybridized carbons (Fsp3) is 0.167. The van der Waals surface area contributed by atoms with Gasteiger partial charge in [0.2, 0.25) is 5.91 Å². The van der Waals surface area contributed by atoms with Crippen LogP contribution in [0.15, 0.2) is 78.2 Å². The first-order valence-corrected chi connectivity index (χ1v) is 7.48. The van der Waals surface area contributed by atoms with E-state index in [2.05, 4.69) is 23.5 Å². The molecular formula is C18H24N4O3. The molecule has 0 unspecified atom stereocenters. The molecule has 7 heteroatoms. The van der Waals surface area contributed by atoms with Crippen LogP contribution in [0.2, 0.25) is 0 Å². The highest BCUT2D eigenvalue weighted by molar-refractivity contribution is 5.80. The van der Waals surface area contributed by atoms with Gasteiger partial charge in [-0.05, 0) is 30.7 Å². The molecule has 0 radical (unpaired) electrons. The van der Waals surface area contributed by atoms with Crippen molar-refractivity contribution in [2.45, 2.75) is 19.3 Å². The molecule has 0 atom stereocenters. The molecule has 6 N–H and O–H groups in total. The van der Waals surface area contributed by atoms with Crippen molar-refractivity contribution in [3.8, 4) is 0 Å². The Morgan fingerprint density at radius 3 is 2.44 bits per heavy atom. The molecule has 0 saturated carbocycles. The van der Waals surface area contributed by atoms with Gasteiger partial charge in [-0.1, -0.05) is 37.5 Å². The first-order valence-electron chi connectivity index (χ1n) is 7.48. The van der Waals surface area contributed by atoms with Crippen LogP contribution in [0.1, 0.15) is 19.3 Å². The van der Waals surface area contributed by atoms with Gasteiger partial charge in [-0.15, -0.1) is 0 Å². The number of carboxylic acids is 1. The number of nitrogens with zero attached hydrogens (tertiary/aromatic N) is 1. The minimum absolute atomic E-state index is 0.0568. The maximum absolute atomic E-state index is 11.9. The zero-order valence-electron chi connectivity index (χ0n) is 14.0. The summed E-state index contributed by atoms with van der Waals surface area (Å²) < 4.78 is 0. The van der Waals surface area contributed by atoms with Gasteiger partial charge in [0, 0.05) is 18.5 Å². The van der Waals surface area contributed by atoms with Gasteiger partial charge >= 0.3 is 5.97 Å². The summed E-state index contributed by atoms with van der Waals surface area (Å²) in [5.41, 5.74) is 11.6. The average Bonchev–Trinajstić information content (AvgIpc) is 2.52. The number of carbonyl (C=O) groups is 2. The van der Waals surface area contributed by atoms with E-state index in [1.165, 1.54) is 12.2 Å². The van der Waals surface area contributed by atoms with Crippen molar-refractivity contribution in [2.24, 2.45) is 16.5 Å². The second-order valence-corrected chi connectivity index (χ2v) is 4.71. The highest BCUT2D eigenvalue weighted by Gasteiger charge is 1.99. The van der Waals surface area contributed by atoms with E-state index < -0.39 is 5.97 Å². The molecule has 0 aromatic carbocycles. The number of nitrogens with two attached hydrogens (primary N) is 2. The molecule has 0 fully saturated rings. The zero-order chi connectivity index (χ0) is 19.1. The van der Waals surface area contributed by atoms with Crippen LogP contribution in [-0.2, 0) is 9.59 Å². The van der Waals surface area contributed by atoms with E-state index in [-0.39, 0.29) is 24.7 Å². The third-order valence-corrected chi connectivity index (χ3v) is 2.58. The van der Waals surface area contributed by atoms with Gasteiger partial charge in [0.1, 0.15) is 0 Å². The normalized spacial score (nSPS) is 12.2. The van der Waals surface area contributed by atoms with Crippen LogP contribution in [-0.4, -0.2) is 22.9 Å². The van der Waals surface area contributed by atoms with E-state index in [4.69, 9.17) is 16.6 Å². The molecule has 0 bridgehead atoms. The highest BCUT2D eigenvalue weighted by atomic mass is 16.4. The minimum atomic E-state index is -0.858. The molecule has 134 valence electrons. The smallest absolute Gasteiger partial charge is 0.303 e. The van der Waals surface area contributed by atoms with Crippen molar-refractivity contribution in [3.63, 3.8) is 0 Å². The van der Waals surface area contributed by atoms with E-state index >= 15 is 0 Å². The molecule has 0 aliphatic rings. The van der Waals surface area contributed by atoms with Crippen molar-refractivity contribution in [1.29, 1.82) is 0 Å². The minimum Gasteiger partial charge on any atom is -0.481 e. The summed E-state index contributed by atoms with van der Waals surface area (Å²) in [4.78, 5) is 26.1. The number of aliphatic imine (C=N–C) groups is 1. The molecule has 25 heavy (non-hydrogen) atoms. The fourth-order valence-electron chi connectivity index (χ4n) is 1.53.